The molecule has 1 aromatic heterocycles. The number of halogens is 1. The van der Waals surface area contributed by atoms with Crippen LogP contribution in [0.5, 0.6) is 0 Å². The Morgan fingerprint density at radius 1 is 0.889 bits per heavy atom. The van der Waals surface area contributed by atoms with Gasteiger partial charge in [0.25, 0.3) is 5.91 Å². The van der Waals surface area contributed by atoms with Gasteiger partial charge >= 0.3 is 0 Å². The van der Waals surface area contributed by atoms with Gasteiger partial charge in [-0.1, -0.05) is 12.1 Å². The molecule has 2 aromatic carbocycles. The van der Waals surface area contributed by atoms with E-state index in [1.165, 1.54) is 30.0 Å². The van der Waals surface area contributed by atoms with Gasteiger partial charge in [0.1, 0.15) is 5.82 Å². The highest BCUT2D eigenvalue weighted by Gasteiger charge is 2.11. The Morgan fingerprint density at radius 3 is 2.26 bits per heavy atom. The highest BCUT2D eigenvalue weighted by molar-refractivity contribution is 8.00. The van der Waals surface area contributed by atoms with Gasteiger partial charge in [-0.25, -0.2) is 4.39 Å². The molecule has 1 heterocycles. The summed E-state index contributed by atoms with van der Waals surface area (Å²) in [5.41, 5.74) is 1.24. The maximum atomic E-state index is 13.6. The predicted octanol–water partition coefficient (Wildman–Crippen LogP) is 4.20. The van der Waals surface area contributed by atoms with Crippen molar-refractivity contribution in [1.82, 2.24) is 4.98 Å². The molecule has 3 rings (SSSR count). The van der Waals surface area contributed by atoms with Crippen LogP contribution in [0.2, 0.25) is 0 Å². The molecule has 2 amide bonds. The van der Waals surface area contributed by atoms with Crippen molar-refractivity contribution in [2.24, 2.45) is 0 Å². The molecule has 5 nitrogen and oxygen atoms in total. The number of carbonyl (C=O) groups is 2. The van der Waals surface area contributed by atoms with Crippen LogP contribution in [0, 0.1) is 5.82 Å². The lowest BCUT2D eigenvalue weighted by molar-refractivity contribution is -0.113. The van der Waals surface area contributed by atoms with Crippen LogP contribution < -0.4 is 10.6 Å². The first-order chi connectivity index (χ1) is 13.1. The Labute approximate surface area is 160 Å². The fraction of sp³-hybridized carbons (Fsp3) is 0.0500. The second kappa shape index (κ2) is 8.95. The molecule has 0 spiro atoms. The van der Waals surface area contributed by atoms with E-state index in [4.69, 9.17) is 0 Å². The molecule has 3 aromatic rings. The van der Waals surface area contributed by atoms with Crippen molar-refractivity contribution in [2.75, 3.05) is 16.4 Å². The van der Waals surface area contributed by atoms with E-state index in [-0.39, 0.29) is 17.2 Å². The van der Waals surface area contributed by atoms with Crippen molar-refractivity contribution in [1.29, 1.82) is 0 Å². The van der Waals surface area contributed by atoms with Gasteiger partial charge in [0.2, 0.25) is 5.91 Å². The number of aromatic nitrogens is 1. The summed E-state index contributed by atoms with van der Waals surface area (Å²) < 4.78 is 13.6. The zero-order chi connectivity index (χ0) is 19.1. The van der Waals surface area contributed by atoms with E-state index in [0.717, 1.165) is 4.90 Å². The second-order valence-electron chi connectivity index (χ2n) is 5.53. The Bertz CT molecular complexity index is 933. The molecular formula is C20H16FN3O2S. The summed E-state index contributed by atoms with van der Waals surface area (Å²) in [6.45, 7) is 0. The Balaban J connectivity index is 1.52. The van der Waals surface area contributed by atoms with Gasteiger partial charge in [-0.05, 0) is 48.5 Å². The van der Waals surface area contributed by atoms with Crippen molar-refractivity contribution >= 4 is 35.0 Å². The van der Waals surface area contributed by atoms with Crippen molar-refractivity contribution in [3.05, 3.63) is 84.4 Å². The average molecular weight is 381 g/mol. The first-order valence-electron chi connectivity index (χ1n) is 8.10. The summed E-state index contributed by atoms with van der Waals surface area (Å²) in [5, 5.41) is 5.43. The van der Waals surface area contributed by atoms with E-state index in [9.17, 15) is 14.0 Å². The number of hydrogen-bond donors (Lipinski definition) is 2. The lowest BCUT2D eigenvalue weighted by Gasteiger charge is -2.08. The van der Waals surface area contributed by atoms with Gasteiger partial charge in [0, 0.05) is 28.7 Å². The summed E-state index contributed by atoms with van der Waals surface area (Å²) in [6.07, 6.45) is 3.22. The molecule has 0 aliphatic heterocycles. The number of hydrogen-bond acceptors (Lipinski definition) is 4. The van der Waals surface area contributed by atoms with Crippen LogP contribution in [0.15, 0.2) is 78.0 Å². The normalized spacial score (nSPS) is 10.3. The maximum Gasteiger partial charge on any atom is 0.258 e. The summed E-state index contributed by atoms with van der Waals surface area (Å²) in [4.78, 5) is 28.8. The van der Waals surface area contributed by atoms with Crippen LogP contribution in [0.25, 0.3) is 0 Å². The monoisotopic (exact) mass is 381 g/mol. The molecule has 0 saturated heterocycles. The minimum Gasteiger partial charge on any atom is -0.325 e. The number of thioether (sulfide) groups is 1. The van der Waals surface area contributed by atoms with E-state index >= 15 is 0 Å². The van der Waals surface area contributed by atoms with Crippen molar-refractivity contribution in [3.8, 4) is 0 Å². The highest BCUT2D eigenvalue weighted by atomic mass is 32.2. The fourth-order valence-electron chi connectivity index (χ4n) is 2.26. The van der Waals surface area contributed by atoms with Crippen LogP contribution in [0.4, 0.5) is 15.8 Å². The number of nitrogens with zero attached hydrogens (tertiary/aromatic N) is 1. The highest BCUT2D eigenvalue weighted by Crippen LogP contribution is 2.21. The molecule has 0 fully saturated rings. The van der Waals surface area contributed by atoms with Crippen molar-refractivity contribution < 1.29 is 14.0 Å². The zero-order valence-corrected chi connectivity index (χ0v) is 15.0. The number of pyridine rings is 1. The van der Waals surface area contributed by atoms with Crippen molar-refractivity contribution in [2.45, 2.75) is 4.90 Å². The molecular weight excluding hydrogens is 365 g/mol. The van der Waals surface area contributed by atoms with Gasteiger partial charge in [-0.3, -0.25) is 14.6 Å². The minimum atomic E-state index is -0.567. The van der Waals surface area contributed by atoms with E-state index in [1.54, 1.807) is 54.9 Å². The third-order valence-corrected chi connectivity index (χ3v) is 4.58. The predicted molar refractivity (Wildman–Crippen MR) is 104 cm³/mol. The van der Waals surface area contributed by atoms with Gasteiger partial charge < -0.3 is 10.6 Å². The van der Waals surface area contributed by atoms with E-state index in [0.29, 0.717) is 11.4 Å². The zero-order valence-electron chi connectivity index (χ0n) is 14.2. The first kappa shape index (κ1) is 18.6. The van der Waals surface area contributed by atoms with Crippen LogP contribution in [-0.4, -0.2) is 22.6 Å². The van der Waals surface area contributed by atoms with E-state index in [2.05, 4.69) is 15.6 Å². The quantitative estimate of drug-likeness (QED) is 0.628. The number of nitrogens with one attached hydrogen (secondary N) is 2. The number of benzene rings is 2. The third kappa shape index (κ3) is 5.39. The molecule has 27 heavy (non-hydrogen) atoms. The molecule has 136 valence electrons. The lowest BCUT2D eigenvalue weighted by Crippen LogP contribution is -2.14. The average Bonchev–Trinajstić information content (AvgIpc) is 2.68. The van der Waals surface area contributed by atoms with Crippen LogP contribution >= 0.6 is 11.8 Å². The second-order valence-corrected chi connectivity index (χ2v) is 6.58. The Morgan fingerprint density at radius 2 is 1.56 bits per heavy atom. The fourth-order valence-corrected chi connectivity index (χ4v) is 2.96. The number of amides is 2. The number of rotatable bonds is 6. The minimum absolute atomic E-state index is 0.0104. The SMILES string of the molecule is O=C(CSc1ccc(NC(=O)c2ccccc2F)cc1)Nc1ccncc1. The first-order valence-corrected chi connectivity index (χ1v) is 9.09. The number of anilines is 2. The maximum absolute atomic E-state index is 13.6. The summed E-state index contributed by atoms with van der Waals surface area (Å²) in [7, 11) is 0. The van der Waals surface area contributed by atoms with Gasteiger partial charge in [-0.15, -0.1) is 11.8 Å². The third-order valence-electron chi connectivity index (χ3n) is 3.56. The largest absolute Gasteiger partial charge is 0.325 e. The Hall–Kier alpha value is -3.19. The summed E-state index contributed by atoms with van der Waals surface area (Å²) >= 11 is 1.37. The van der Waals surface area contributed by atoms with Crippen LogP contribution in [-0.2, 0) is 4.79 Å². The molecule has 0 bridgehead atoms. The number of carbonyl (C=O) groups excluding carboxylic acids is 2. The van der Waals surface area contributed by atoms with Gasteiger partial charge in [0.15, 0.2) is 0 Å². The standard InChI is InChI=1S/C20H16FN3O2S/c21-18-4-2-1-3-17(18)20(26)24-14-5-7-16(8-6-14)27-13-19(25)23-15-9-11-22-12-10-15/h1-12H,13H2,(H,24,26)(H,22,23,25). The molecule has 0 unspecified atom stereocenters. The Kier molecular flexibility index (Phi) is 6.17. The smallest absolute Gasteiger partial charge is 0.258 e. The molecule has 0 aliphatic rings. The molecule has 7 heteroatoms. The molecule has 0 aliphatic carbocycles. The van der Waals surface area contributed by atoms with E-state index in [1.807, 2.05) is 0 Å². The van der Waals surface area contributed by atoms with E-state index < -0.39 is 11.7 Å². The van der Waals surface area contributed by atoms with Crippen molar-refractivity contribution in [3.63, 3.8) is 0 Å². The molecule has 2 N–H and O–H groups in total. The molecule has 0 atom stereocenters. The van der Waals surface area contributed by atoms with Crippen LogP contribution in [0.3, 0.4) is 0 Å². The summed E-state index contributed by atoms with van der Waals surface area (Å²) in [6, 6.07) is 16.2. The molecule has 0 saturated carbocycles. The lowest BCUT2D eigenvalue weighted by atomic mass is 10.2. The topological polar surface area (TPSA) is 71.1 Å². The van der Waals surface area contributed by atoms with Gasteiger partial charge in [-0.2, -0.15) is 0 Å². The summed E-state index contributed by atoms with van der Waals surface area (Å²) in [5.74, 6) is -0.945. The molecule has 0 radical (unpaired) electrons. The van der Waals surface area contributed by atoms with Crippen LogP contribution in [0.1, 0.15) is 10.4 Å². The van der Waals surface area contributed by atoms with Gasteiger partial charge in [0.05, 0.1) is 11.3 Å².